The summed E-state index contributed by atoms with van der Waals surface area (Å²) in [5.41, 5.74) is 2.50. The molecule has 0 spiro atoms. The van der Waals surface area contributed by atoms with Gasteiger partial charge in [-0.2, -0.15) is 0 Å². The van der Waals surface area contributed by atoms with E-state index < -0.39 is 0 Å². The van der Waals surface area contributed by atoms with E-state index in [-0.39, 0.29) is 0 Å². The summed E-state index contributed by atoms with van der Waals surface area (Å²) in [6.45, 7) is 3.46. The van der Waals surface area contributed by atoms with Crippen LogP contribution in [0.1, 0.15) is 37.8 Å². The van der Waals surface area contributed by atoms with E-state index in [0.29, 0.717) is 12.6 Å². The monoisotopic (exact) mass is 328 g/mol. The van der Waals surface area contributed by atoms with Gasteiger partial charge in [0.05, 0.1) is 5.69 Å². The molecule has 3 nitrogen and oxygen atoms in total. The van der Waals surface area contributed by atoms with Crippen LogP contribution in [0.5, 0.6) is 0 Å². The summed E-state index contributed by atoms with van der Waals surface area (Å²) in [7, 11) is 4.08. The Hall–Kier alpha value is -0.580. The predicted octanol–water partition coefficient (Wildman–Crippen LogP) is 3.33. The van der Waals surface area contributed by atoms with Crippen LogP contribution in [0, 0.1) is 0 Å². The Bertz CT molecular complexity index is 384. The summed E-state index contributed by atoms with van der Waals surface area (Å²) in [6, 6.07) is 6.88. The van der Waals surface area contributed by atoms with E-state index in [1.807, 2.05) is 7.05 Å². The van der Waals surface area contributed by atoms with Crippen molar-refractivity contribution in [3.8, 4) is 0 Å². The van der Waals surface area contributed by atoms with Gasteiger partial charge in [0.15, 0.2) is 0 Å². The minimum absolute atomic E-state index is 0.296. The van der Waals surface area contributed by atoms with Crippen molar-refractivity contribution >= 4 is 21.6 Å². The van der Waals surface area contributed by atoms with Gasteiger partial charge in [-0.25, -0.2) is 0 Å². The average Bonchev–Trinajstić information content (AvgIpc) is 2.42. The minimum Gasteiger partial charge on any atom is -0.396 e. The van der Waals surface area contributed by atoms with Crippen molar-refractivity contribution in [3.63, 3.8) is 0 Å². The molecule has 0 bridgehead atoms. The molecular weight excluding hydrogens is 304 g/mol. The zero-order chi connectivity index (χ0) is 14.3. The lowest BCUT2D eigenvalue weighted by Gasteiger charge is -2.22. The normalized spacial score (nSPS) is 12.5. The Balaban J connectivity index is 2.62. The topological polar surface area (TPSA) is 35.5 Å². The smallest absolute Gasteiger partial charge is 0.0508 e. The van der Waals surface area contributed by atoms with Gasteiger partial charge in [-0.15, -0.1) is 0 Å². The molecule has 0 radical (unpaired) electrons. The second-order valence-corrected chi connectivity index (χ2v) is 5.78. The van der Waals surface area contributed by atoms with E-state index in [0.717, 1.165) is 30.3 Å². The van der Waals surface area contributed by atoms with Gasteiger partial charge in [0, 0.05) is 30.7 Å². The highest BCUT2D eigenvalue weighted by molar-refractivity contribution is 9.10. The molecule has 2 N–H and O–H groups in total. The largest absolute Gasteiger partial charge is 0.396 e. The molecule has 0 aromatic heterocycles. The lowest BCUT2D eigenvalue weighted by atomic mass is 10.1. The van der Waals surface area contributed by atoms with Gasteiger partial charge in [-0.1, -0.05) is 6.07 Å². The van der Waals surface area contributed by atoms with Crippen molar-refractivity contribution in [3.05, 3.63) is 28.2 Å². The number of halogens is 1. The van der Waals surface area contributed by atoms with Gasteiger partial charge in [-0.3, -0.25) is 0 Å². The van der Waals surface area contributed by atoms with Gasteiger partial charge < -0.3 is 15.3 Å². The fourth-order valence-electron chi connectivity index (χ4n) is 2.03. The standard InChI is InChI=1S/C15H25BrN2O/c1-12(17-2)13-7-8-15(14(16)11-13)18(3)9-5-4-6-10-19/h7-8,11-12,17,19H,4-6,9-10H2,1-3H3. The summed E-state index contributed by atoms with van der Waals surface area (Å²) >= 11 is 3.66. The van der Waals surface area contributed by atoms with Crippen molar-refractivity contribution in [1.82, 2.24) is 5.32 Å². The van der Waals surface area contributed by atoms with E-state index in [1.165, 1.54) is 11.3 Å². The van der Waals surface area contributed by atoms with Crippen molar-refractivity contribution < 1.29 is 5.11 Å². The molecule has 1 unspecified atom stereocenters. The van der Waals surface area contributed by atoms with Gasteiger partial charge in [-0.05, 0) is 66.9 Å². The number of rotatable bonds is 8. The summed E-state index contributed by atoms with van der Waals surface area (Å²) in [6.07, 6.45) is 3.08. The Morgan fingerprint density at radius 3 is 2.63 bits per heavy atom. The maximum Gasteiger partial charge on any atom is 0.0508 e. The maximum atomic E-state index is 8.77. The van der Waals surface area contributed by atoms with Crippen molar-refractivity contribution in [1.29, 1.82) is 0 Å². The number of hydrogen-bond donors (Lipinski definition) is 2. The molecular formula is C15H25BrN2O. The average molecular weight is 329 g/mol. The first-order valence-corrected chi connectivity index (χ1v) is 7.68. The maximum absolute atomic E-state index is 8.77. The van der Waals surface area contributed by atoms with E-state index in [1.54, 1.807) is 0 Å². The molecule has 0 amide bonds. The quantitative estimate of drug-likeness (QED) is 0.718. The van der Waals surface area contributed by atoms with Crippen LogP contribution in [0.3, 0.4) is 0 Å². The Morgan fingerprint density at radius 2 is 2.05 bits per heavy atom. The number of aliphatic hydroxyl groups excluding tert-OH is 1. The molecule has 1 aromatic rings. The second kappa shape index (κ2) is 8.56. The van der Waals surface area contributed by atoms with Gasteiger partial charge in [0.25, 0.3) is 0 Å². The number of unbranched alkanes of at least 4 members (excludes halogenated alkanes) is 2. The SMILES string of the molecule is CNC(C)c1ccc(N(C)CCCCCO)c(Br)c1. The lowest BCUT2D eigenvalue weighted by Crippen LogP contribution is -2.19. The first-order valence-electron chi connectivity index (χ1n) is 6.88. The van der Waals surface area contributed by atoms with Crippen molar-refractivity contribution in [2.75, 3.05) is 32.1 Å². The Morgan fingerprint density at radius 1 is 1.32 bits per heavy atom. The van der Waals surface area contributed by atoms with Gasteiger partial charge in [0.1, 0.15) is 0 Å². The highest BCUT2D eigenvalue weighted by Gasteiger charge is 2.09. The number of nitrogens with zero attached hydrogens (tertiary/aromatic N) is 1. The fourth-order valence-corrected chi connectivity index (χ4v) is 2.73. The lowest BCUT2D eigenvalue weighted by molar-refractivity contribution is 0.283. The molecule has 1 rings (SSSR count). The van der Waals surface area contributed by atoms with Crippen LogP contribution < -0.4 is 10.2 Å². The zero-order valence-electron chi connectivity index (χ0n) is 12.1. The van der Waals surface area contributed by atoms with Crippen molar-refractivity contribution in [2.24, 2.45) is 0 Å². The molecule has 1 atom stereocenters. The number of nitrogens with one attached hydrogen (secondary N) is 1. The van der Waals surface area contributed by atoms with E-state index in [4.69, 9.17) is 5.11 Å². The molecule has 0 aliphatic heterocycles. The molecule has 0 fully saturated rings. The number of anilines is 1. The van der Waals surface area contributed by atoms with Crippen LogP contribution in [0.2, 0.25) is 0 Å². The molecule has 108 valence electrons. The van der Waals surface area contributed by atoms with Gasteiger partial charge >= 0.3 is 0 Å². The van der Waals surface area contributed by atoms with Crippen LogP contribution in [0.4, 0.5) is 5.69 Å². The highest BCUT2D eigenvalue weighted by atomic mass is 79.9. The summed E-state index contributed by atoms with van der Waals surface area (Å²) in [5, 5.41) is 12.0. The number of aliphatic hydroxyl groups is 1. The minimum atomic E-state index is 0.296. The van der Waals surface area contributed by atoms with Crippen LogP contribution in [0.15, 0.2) is 22.7 Å². The molecule has 19 heavy (non-hydrogen) atoms. The molecule has 0 heterocycles. The van der Waals surface area contributed by atoms with E-state index >= 15 is 0 Å². The molecule has 0 aliphatic carbocycles. The third-order valence-corrected chi connectivity index (χ3v) is 4.10. The number of hydrogen-bond acceptors (Lipinski definition) is 3. The Kier molecular flexibility index (Phi) is 7.42. The second-order valence-electron chi connectivity index (χ2n) is 4.93. The third-order valence-electron chi connectivity index (χ3n) is 3.47. The molecule has 0 aliphatic rings. The molecule has 0 saturated carbocycles. The predicted molar refractivity (Wildman–Crippen MR) is 85.8 cm³/mol. The van der Waals surface area contributed by atoms with Crippen LogP contribution in [-0.2, 0) is 0 Å². The summed E-state index contributed by atoms with van der Waals surface area (Å²) in [5.74, 6) is 0. The van der Waals surface area contributed by atoms with Crippen molar-refractivity contribution in [2.45, 2.75) is 32.2 Å². The van der Waals surface area contributed by atoms with Crippen LogP contribution >= 0.6 is 15.9 Å². The first-order chi connectivity index (χ1) is 9.10. The fraction of sp³-hybridized carbons (Fsp3) is 0.600. The number of benzene rings is 1. The molecule has 4 heteroatoms. The van der Waals surface area contributed by atoms with Crippen LogP contribution in [0.25, 0.3) is 0 Å². The van der Waals surface area contributed by atoms with E-state index in [2.05, 4.69) is 58.3 Å². The van der Waals surface area contributed by atoms with Crippen LogP contribution in [-0.4, -0.2) is 32.4 Å². The first kappa shape index (κ1) is 16.5. The summed E-state index contributed by atoms with van der Waals surface area (Å²) in [4.78, 5) is 2.26. The Labute approximate surface area is 125 Å². The zero-order valence-corrected chi connectivity index (χ0v) is 13.7. The summed E-state index contributed by atoms with van der Waals surface area (Å²) < 4.78 is 1.14. The van der Waals surface area contributed by atoms with Gasteiger partial charge in [0.2, 0.25) is 0 Å². The highest BCUT2D eigenvalue weighted by Crippen LogP contribution is 2.28. The third kappa shape index (κ3) is 5.13. The molecule has 0 saturated heterocycles. The van der Waals surface area contributed by atoms with E-state index in [9.17, 15) is 0 Å². The molecule has 1 aromatic carbocycles.